The van der Waals surface area contributed by atoms with Gasteiger partial charge in [-0.15, -0.1) is 0 Å². The molecule has 0 bridgehead atoms. The molecule has 11 rings (SSSR count). The summed E-state index contributed by atoms with van der Waals surface area (Å²) in [6.07, 6.45) is 9.71. The molecule has 1 unspecified atom stereocenters. The molecule has 59 heavy (non-hydrogen) atoms. The summed E-state index contributed by atoms with van der Waals surface area (Å²) in [5.74, 6) is 0.825. The van der Waals surface area contributed by atoms with Crippen LogP contribution in [0.1, 0.15) is 23.7 Å². The molecular weight excluding hydrogens is 717 g/mol. The van der Waals surface area contributed by atoms with Gasteiger partial charge in [-0.05, 0) is 69.5 Å². The Morgan fingerprint density at radius 1 is 0.475 bits per heavy atom. The number of allylic oxidation sites excluding steroid dienone is 4. The number of rotatable bonds is 7. The molecule has 3 heterocycles. The van der Waals surface area contributed by atoms with Gasteiger partial charge in [0.15, 0.2) is 5.82 Å². The third-order valence-corrected chi connectivity index (χ3v) is 11.6. The second kappa shape index (κ2) is 14.7. The smallest absolute Gasteiger partial charge is 0.160 e. The van der Waals surface area contributed by atoms with E-state index in [1.807, 2.05) is 6.20 Å². The molecule has 4 heteroatoms. The summed E-state index contributed by atoms with van der Waals surface area (Å²) in [7, 11) is 0. The lowest BCUT2D eigenvalue weighted by Gasteiger charge is -2.24. The number of aromatic nitrogens is 4. The molecule has 1 atom stereocenters. The number of para-hydroxylation sites is 1. The molecule has 0 saturated heterocycles. The predicted octanol–water partition coefficient (Wildman–Crippen LogP) is 13.9. The van der Waals surface area contributed by atoms with Gasteiger partial charge in [-0.1, -0.05) is 182 Å². The van der Waals surface area contributed by atoms with Crippen LogP contribution in [0.4, 0.5) is 0 Å². The maximum Gasteiger partial charge on any atom is 0.160 e. The molecule has 7 aromatic carbocycles. The number of hydrogen-bond acceptors (Lipinski definition) is 3. The predicted molar refractivity (Wildman–Crippen MR) is 244 cm³/mol. The topological polar surface area (TPSA) is 43.1 Å². The van der Waals surface area contributed by atoms with Crippen LogP contribution in [-0.2, 0) is 0 Å². The number of pyridine rings is 1. The van der Waals surface area contributed by atoms with Gasteiger partial charge in [0.25, 0.3) is 0 Å². The Hall–Kier alpha value is -7.69. The summed E-state index contributed by atoms with van der Waals surface area (Å²) in [4.78, 5) is 10.6. The fourth-order valence-corrected chi connectivity index (χ4v) is 8.81. The Bertz CT molecular complexity index is 3160. The van der Waals surface area contributed by atoms with Gasteiger partial charge in [0.2, 0.25) is 0 Å². The Morgan fingerprint density at radius 3 is 1.64 bits per heavy atom. The summed E-state index contributed by atoms with van der Waals surface area (Å²) in [6.45, 7) is 0. The lowest BCUT2D eigenvalue weighted by Crippen LogP contribution is -2.08. The van der Waals surface area contributed by atoms with E-state index >= 15 is 0 Å². The fraction of sp³-hybridized carbons (Fsp3) is 0.0364. The summed E-state index contributed by atoms with van der Waals surface area (Å²) < 4.78 is 2.17. The first kappa shape index (κ1) is 34.5. The maximum absolute atomic E-state index is 5.40. The van der Waals surface area contributed by atoms with Crippen molar-refractivity contribution >= 4 is 32.8 Å². The van der Waals surface area contributed by atoms with Crippen LogP contribution in [0.25, 0.3) is 88.7 Å². The summed E-state index contributed by atoms with van der Waals surface area (Å²) in [5, 5.41) is 8.57. The van der Waals surface area contributed by atoms with Crippen molar-refractivity contribution < 1.29 is 0 Å². The first-order chi connectivity index (χ1) is 29.3. The van der Waals surface area contributed by atoms with Crippen molar-refractivity contribution in [3.63, 3.8) is 0 Å². The van der Waals surface area contributed by atoms with E-state index in [2.05, 4.69) is 211 Å². The van der Waals surface area contributed by atoms with Gasteiger partial charge in [0, 0.05) is 39.0 Å². The minimum atomic E-state index is 0.101. The highest BCUT2D eigenvalue weighted by molar-refractivity contribution is 6.07. The summed E-state index contributed by atoms with van der Waals surface area (Å²) >= 11 is 0. The van der Waals surface area contributed by atoms with Crippen molar-refractivity contribution in [3.8, 4) is 55.9 Å². The van der Waals surface area contributed by atoms with E-state index in [1.165, 1.54) is 27.5 Å². The maximum atomic E-state index is 5.40. The average molecular weight is 755 g/mol. The third-order valence-electron chi connectivity index (χ3n) is 11.6. The van der Waals surface area contributed by atoms with E-state index < -0.39 is 0 Å². The molecule has 1 aliphatic rings. The molecule has 4 nitrogen and oxygen atoms in total. The minimum absolute atomic E-state index is 0.101. The lowest BCUT2D eigenvalue weighted by molar-refractivity contribution is 0.844. The van der Waals surface area contributed by atoms with Crippen molar-refractivity contribution in [2.45, 2.75) is 12.3 Å². The summed E-state index contributed by atoms with van der Waals surface area (Å²) in [5.41, 5.74) is 15.5. The van der Waals surface area contributed by atoms with E-state index in [-0.39, 0.29) is 5.92 Å². The van der Waals surface area contributed by atoms with E-state index in [1.54, 1.807) is 0 Å². The normalized spacial score (nSPS) is 13.9. The van der Waals surface area contributed by atoms with Crippen LogP contribution < -0.4 is 0 Å². The Morgan fingerprint density at radius 2 is 1.02 bits per heavy atom. The molecule has 10 aromatic rings. The number of hydrogen-bond donors (Lipinski definition) is 0. The molecule has 0 spiro atoms. The van der Waals surface area contributed by atoms with E-state index in [9.17, 15) is 0 Å². The Labute approximate surface area is 343 Å². The zero-order chi connectivity index (χ0) is 39.1. The average Bonchev–Trinajstić information content (AvgIpc) is 3.77. The largest absolute Gasteiger partial charge is 0.231 e. The first-order valence-electron chi connectivity index (χ1n) is 20.2. The van der Waals surface area contributed by atoms with Crippen molar-refractivity contribution in [2.24, 2.45) is 0 Å². The van der Waals surface area contributed by atoms with Gasteiger partial charge < -0.3 is 0 Å². The van der Waals surface area contributed by atoms with Crippen molar-refractivity contribution in [1.82, 2.24) is 19.6 Å². The van der Waals surface area contributed by atoms with Gasteiger partial charge in [-0.25, -0.2) is 14.5 Å². The van der Waals surface area contributed by atoms with Crippen LogP contribution in [0.15, 0.2) is 212 Å². The van der Waals surface area contributed by atoms with Crippen LogP contribution in [0.2, 0.25) is 0 Å². The molecular formula is C55H38N4. The van der Waals surface area contributed by atoms with Crippen LogP contribution in [0, 0.1) is 0 Å². The fourth-order valence-electron chi connectivity index (χ4n) is 8.81. The molecule has 0 aliphatic heterocycles. The number of nitrogens with zero attached hydrogens (tertiary/aromatic N) is 4. The van der Waals surface area contributed by atoms with Gasteiger partial charge in [-0.2, -0.15) is 5.10 Å². The van der Waals surface area contributed by atoms with E-state index in [0.29, 0.717) is 0 Å². The highest BCUT2D eigenvalue weighted by Gasteiger charge is 2.26. The zero-order valence-corrected chi connectivity index (χ0v) is 32.3. The number of benzene rings is 7. The van der Waals surface area contributed by atoms with Crippen LogP contribution in [0.3, 0.4) is 0 Å². The van der Waals surface area contributed by atoms with Crippen LogP contribution in [0.5, 0.6) is 0 Å². The molecule has 3 aromatic heterocycles. The quantitative estimate of drug-likeness (QED) is 0.163. The molecule has 0 fully saturated rings. The molecule has 0 saturated carbocycles. The first-order valence-corrected chi connectivity index (χ1v) is 20.2. The number of fused-ring (bicyclic) bond motifs is 4. The van der Waals surface area contributed by atoms with Gasteiger partial charge in [-0.3, -0.25) is 0 Å². The second-order valence-corrected chi connectivity index (χ2v) is 15.2. The summed E-state index contributed by atoms with van der Waals surface area (Å²) in [6, 6.07) is 66.5. The molecule has 0 radical (unpaired) electrons. The lowest BCUT2D eigenvalue weighted by atomic mass is 9.84. The molecule has 278 valence electrons. The highest BCUT2D eigenvalue weighted by atomic mass is 15.2. The minimum Gasteiger partial charge on any atom is -0.231 e. The van der Waals surface area contributed by atoms with Crippen LogP contribution in [-0.4, -0.2) is 19.6 Å². The van der Waals surface area contributed by atoms with Gasteiger partial charge in [0.05, 0.1) is 28.6 Å². The van der Waals surface area contributed by atoms with E-state index in [0.717, 1.165) is 79.0 Å². The van der Waals surface area contributed by atoms with Gasteiger partial charge >= 0.3 is 0 Å². The van der Waals surface area contributed by atoms with Crippen LogP contribution >= 0.6 is 0 Å². The van der Waals surface area contributed by atoms with E-state index in [4.69, 9.17) is 15.1 Å². The van der Waals surface area contributed by atoms with Gasteiger partial charge in [0.1, 0.15) is 0 Å². The highest BCUT2D eigenvalue weighted by Crippen LogP contribution is 2.44. The Kier molecular flexibility index (Phi) is 8.59. The standard InChI is InChI=1S/C55H38N4/c1-5-17-37(18-6-1)43-33-44(38-19-7-2-8-20-38)35-45(34-43)52-48-27-15-16-28-50(48)57-55(58-52)42-31-29-40(30-32-42)51-46-25-13-14-26-47(46)54-49(39-21-9-3-10-22-39)36-56-59(54)53(51)41-23-11-4-12-24-41/h1-29,31-36,40H,30H2. The molecule has 0 N–H and O–H groups in total. The van der Waals surface area contributed by atoms with Crippen molar-refractivity contribution in [2.75, 3.05) is 0 Å². The third kappa shape index (κ3) is 6.23. The monoisotopic (exact) mass is 754 g/mol. The molecule has 1 aliphatic carbocycles. The molecule has 0 amide bonds. The second-order valence-electron chi connectivity index (χ2n) is 15.2. The zero-order valence-electron chi connectivity index (χ0n) is 32.3. The SMILES string of the molecule is C1=CC(c2c(-c3ccccc3)n3ncc(-c4ccccc4)c3c3ccccc23)CC=C1c1nc(-c2cc(-c3ccccc3)cc(-c3ccccc3)c2)c2ccccc2n1. The van der Waals surface area contributed by atoms with Crippen molar-refractivity contribution in [3.05, 3.63) is 224 Å². The Balaban J connectivity index is 1.04. The van der Waals surface area contributed by atoms with Crippen molar-refractivity contribution in [1.29, 1.82) is 0 Å².